The summed E-state index contributed by atoms with van der Waals surface area (Å²) < 4.78 is 2.02. The maximum Gasteiger partial charge on any atom is 0.141 e. The number of nitrogens with zero attached hydrogens (tertiary/aromatic N) is 4. The van der Waals surface area contributed by atoms with Crippen LogP contribution in [0.5, 0.6) is 0 Å². The van der Waals surface area contributed by atoms with Crippen molar-refractivity contribution in [3.8, 4) is 0 Å². The summed E-state index contributed by atoms with van der Waals surface area (Å²) in [6.07, 6.45) is 8.46. The lowest BCUT2D eigenvalue weighted by atomic mass is 9.82. The van der Waals surface area contributed by atoms with Crippen LogP contribution >= 0.6 is 0 Å². The normalized spacial score (nSPS) is 21.8. The fourth-order valence-electron chi connectivity index (χ4n) is 3.73. The third-order valence-electron chi connectivity index (χ3n) is 4.91. The average Bonchev–Trinajstić information content (AvgIpc) is 3.02. The molecular formula is C19H29N5. The van der Waals surface area contributed by atoms with E-state index in [4.69, 9.17) is 0 Å². The first-order valence-electron chi connectivity index (χ1n) is 8.99. The lowest BCUT2D eigenvalue weighted by molar-refractivity contribution is 0.310. The van der Waals surface area contributed by atoms with Crippen molar-refractivity contribution in [2.45, 2.75) is 77.4 Å². The van der Waals surface area contributed by atoms with Crippen molar-refractivity contribution in [2.24, 2.45) is 0 Å². The lowest BCUT2D eigenvalue weighted by Gasteiger charge is -2.30. The Hall–Kier alpha value is -1.75. The van der Waals surface area contributed by atoms with E-state index in [0.717, 1.165) is 18.8 Å². The van der Waals surface area contributed by atoms with Crippen molar-refractivity contribution in [1.29, 1.82) is 0 Å². The molecule has 2 heterocycles. The minimum absolute atomic E-state index is 0.0340. The molecule has 0 aromatic carbocycles. The molecule has 2 aromatic rings. The summed E-state index contributed by atoms with van der Waals surface area (Å²) >= 11 is 0. The van der Waals surface area contributed by atoms with Crippen LogP contribution in [0, 0.1) is 6.92 Å². The third kappa shape index (κ3) is 3.83. The summed E-state index contributed by atoms with van der Waals surface area (Å²) in [6, 6.07) is 4.72. The van der Waals surface area contributed by atoms with Crippen LogP contribution in [0.1, 0.15) is 69.5 Å². The van der Waals surface area contributed by atoms with Crippen molar-refractivity contribution in [3.05, 3.63) is 41.7 Å². The smallest absolute Gasteiger partial charge is 0.141 e. The van der Waals surface area contributed by atoms with Crippen LogP contribution in [0.3, 0.4) is 0 Å². The Labute approximate surface area is 144 Å². The summed E-state index contributed by atoms with van der Waals surface area (Å²) in [5.41, 5.74) is 2.56. The molecule has 24 heavy (non-hydrogen) atoms. The summed E-state index contributed by atoms with van der Waals surface area (Å²) in [7, 11) is 0. The molecule has 1 aliphatic carbocycles. The predicted octanol–water partition coefficient (Wildman–Crippen LogP) is 3.55. The van der Waals surface area contributed by atoms with Crippen molar-refractivity contribution in [3.63, 3.8) is 0 Å². The Morgan fingerprint density at radius 3 is 2.83 bits per heavy atom. The van der Waals surface area contributed by atoms with Gasteiger partial charge in [-0.3, -0.25) is 4.98 Å². The summed E-state index contributed by atoms with van der Waals surface area (Å²) in [4.78, 5) is 9.07. The van der Waals surface area contributed by atoms with E-state index in [2.05, 4.69) is 54.1 Å². The second-order valence-corrected chi connectivity index (χ2v) is 7.91. The molecule has 5 heteroatoms. The van der Waals surface area contributed by atoms with Gasteiger partial charge in [0.25, 0.3) is 0 Å². The molecule has 0 spiro atoms. The molecular weight excluding hydrogens is 298 g/mol. The third-order valence-corrected chi connectivity index (χ3v) is 4.91. The zero-order chi connectivity index (χ0) is 17.2. The maximum atomic E-state index is 4.64. The molecule has 0 unspecified atom stereocenters. The number of hydrogen-bond donors (Lipinski definition) is 1. The summed E-state index contributed by atoms with van der Waals surface area (Å²) in [5.74, 6) is 1.58. The highest BCUT2D eigenvalue weighted by Crippen LogP contribution is 2.33. The van der Waals surface area contributed by atoms with Crippen molar-refractivity contribution < 1.29 is 0 Å². The molecule has 1 fully saturated rings. The van der Waals surface area contributed by atoms with Gasteiger partial charge in [0, 0.05) is 23.9 Å². The average molecular weight is 327 g/mol. The Balaban J connectivity index is 1.63. The topological polar surface area (TPSA) is 55.6 Å². The zero-order valence-electron chi connectivity index (χ0n) is 15.3. The summed E-state index contributed by atoms with van der Waals surface area (Å²) in [6.45, 7) is 9.42. The van der Waals surface area contributed by atoms with Crippen LogP contribution in [0.25, 0.3) is 0 Å². The molecule has 0 aliphatic heterocycles. The molecule has 0 bridgehead atoms. The number of pyridine rings is 1. The molecule has 0 saturated heterocycles. The predicted molar refractivity (Wildman–Crippen MR) is 95.8 cm³/mol. The van der Waals surface area contributed by atoms with Crippen LogP contribution in [-0.4, -0.2) is 25.8 Å². The Kier molecular flexibility index (Phi) is 4.99. The highest BCUT2D eigenvalue weighted by molar-refractivity contribution is 5.22. The molecule has 3 rings (SSSR count). The second kappa shape index (κ2) is 7.01. The standard InChI is InChI=1S/C19H29N5/c1-14-7-6-10-20-18(14)15-8-5-9-16(11-15)21-12-17-22-13-23-24(17)19(2,3)4/h6-7,10,13,15-16,21H,5,8-9,11-12H2,1-4H3/t15-,16-/m1/s1. The Morgan fingerprint density at radius 2 is 2.08 bits per heavy atom. The molecule has 1 N–H and O–H groups in total. The van der Waals surface area contributed by atoms with E-state index in [1.54, 1.807) is 6.33 Å². The monoisotopic (exact) mass is 327 g/mol. The van der Waals surface area contributed by atoms with Crippen LogP contribution < -0.4 is 5.32 Å². The van der Waals surface area contributed by atoms with Gasteiger partial charge in [-0.25, -0.2) is 9.67 Å². The van der Waals surface area contributed by atoms with Gasteiger partial charge < -0.3 is 5.32 Å². The van der Waals surface area contributed by atoms with Gasteiger partial charge in [0.2, 0.25) is 0 Å². The molecule has 1 saturated carbocycles. The quantitative estimate of drug-likeness (QED) is 0.933. The summed E-state index contributed by atoms with van der Waals surface area (Å²) in [5, 5.41) is 8.09. The van der Waals surface area contributed by atoms with E-state index in [-0.39, 0.29) is 5.54 Å². The molecule has 0 radical (unpaired) electrons. The van der Waals surface area contributed by atoms with Crippen LogP contribution in [-0.2, 0) is 12.1 Å². The minimum atomic E-state index is -0.0340. The Bertz CT molecular complexity index is 670. The van der Waals surface area contributed by atoms with E-state index in [9.17, 15) is 0 Å². The molecule has 130 valence electrons. The highest BCUT2D eigenvalue weighted by atomic mass is 15.4. The minimum Gasteiger partial charge on any atom is -0.307 e. The molecule has 2 aromatic heterocycles. The number of aromatic nitrogens is 4. The Morgan fingerprint density at radius 1 is 1.25 bits per heavy atom. The largest absolute Gasteiger partial charge is 0.307 e. The SMILES string of the molecule is Cc1cccnc1[C@@H]1CCC[C@@H](NCc2ncnn2C(C)(C)C)C1. The van der Waals surface area contributed by atoms with Gasteiger partial charge in [0.15, 0.2) is 0 Å². The van der Waals surface area contributed by atoms with Crippen molar-refractivity contribution >= 4 is 0 Å². The fourth-order valence-corrected chi connectivity index (χ4v) is 3.73. The molecule has 2 atom stereocenters. The van der Waals surface area contributed by atoms with Crippen LogP contribution in [0.15, 0.2) is 24.7 Å². The van der Waals surface area contributed by atoms with E-state index in [0.29, 0.717) is 12.0 Å². The molecule has 1 aliphatic rings. The van der Waals surface area contributed by atoms with Gasteiger partial charge in [-0.15, -0.1) is 0 Å². The zero-order valence-corrected chi connectivity index (χ0v) is 15.3. The van der Waals surface area contributed by atoms with Gasteiger partial charge >= 0.3 is 0 Å². The highest BCUT2D eigenvalue weighted by Gasteiger charge is 2.26. The van der Waals surface area contributed by atoms with E-state index >= 15 is 0 Å². The fraction of sp³-hybridized carbons (Fsp3) is 0.632. The first-order valence-corrected chi connectivity index (χ1v) is 8.99. The first-order chi connectivity index (χ1) is 11.4. The van der Waals surface area contributed by atoms with Gasteiger partial charge in [0.05, 0.1) is 12.1 Å². The van der Waals surface area contributed by atoms with Gasteiger partial charge in [-0.05, 0) is 58.6 Å². The van der Waals surface area contributed by atoms with Crippen molar-refractivity contribution in [1.82, 2.24) is 25.1 Å². The van der Waals surface area contributed by atoms with E-state index < -0.39 is 0 Å². The van der Waals surface area contributed by atoms with Crippen molar-refractivity contribution in [2.75, 3.05) is 0 Å². The number of nitrogens with one attached hydrogen (secondary N) is 1. The number of hydrogen-bond acceptors (Lipinski definition) is 4. The van der Waals surface area contributed by atoms with Gasteiger partial charge in [-0.1, -0.05) is 12.5 Å². The van der Waals surface area contributed by atoms with Crippen LogP contribution in [0.4, 0.5) is 0 Å². The molecule has 0 amide bonds. The first kappa shape index (κ1) is 17.1. The number of rotatable bonds is 4. The van der Waals surface area contributed by atoms with Gasteiger partial charge in [-0.2, -0.15) is 5.10 Å². The second-order valence-electron chi connectivity index (χ2n) is 7.91. The van der Waals surface area contributed by atoms with Gasteiger partial charge in [0.1, 0.15) is 12.2 Å². The lowest BCUT2D eigenvalue weighted by Crippen LogP contribution is -2.35. The van der Waals surface area contributed by atoms with E-state index in [1.807, 2.05) is 16.9 Å². The van der Waals surface area contributed by atoms with Crippen LogP contribution in [0.2, 0.25) is 0 Å². The van der Waals surface area contributed by atoms with E-state index in [1.165, 1.54) is 30.5 Å². The molecule has 5 nitrogen and oxygen atoms in total. The maximum absolute atomic E-state index is 4.64. The number of aryl methyl sites for hydroxylation is 1.